The SMILES string of the molecule is CN(C)C(=O)[C@@H]1C2c3ccccc3C(c3ccccc32)[C@@H]1C(=O)O. The van der Waals surface area contributed by atoms with E-state index >= 15 is 0 Å². The zero-order valence-corrected chi connectivity index (χ0v) is 13.6. The van der Waals surface area contributed by atoms with E-state index in [1.807, 2.05) is 48.5 Å². The molecule has 0 radical (unpaired) electrons. The summed E-state index contributed by atoms with van der Waals surface area (Å²) in [5, 5.41) is 9.94. The van der Waals surface area contributed by atoms with Crippen LogP contribution in [-0.4, -0.2) is 36.0 Å². The van der Waals surface area contributed by atoms with Crippen LogP contribution in [-0.2, 0) is 9.59 Å². The van der Waals surface area contributed by atoms with E-state index in [0.717, 1.165) is 22.3 Å². The van der Waals surface area contributed by atoms with Crippen molar-refractivity contribution in [3.05, 3.63) is 70.8 Å². The van der Waals surface area contributed by atoms with Crippen molar-refractivity contribution >= 4 is 11.9 Å². The molecule has 0 fully saturated rings. The van der Waals surface area contributed by atoms with Gasteiger partial charge in [-0.2, -0.15) is 0 Å². The summed E-state index contributed by atoms with van der Waals surface area (Å²) in [6.45, 7) is 0. The number of fused-ring (bicyclic) bond motifs is 1. The monoisotopic (exact) mass is 321 g/mol. The van der Waals surface area contributed by atoms with Crippen LogP contribution in [0.1, 0.15) is 34.1 Å². The lowest BCUT2D eigenvalue weighted by Gasteiger charge is -2.48. The minimum Gasteiger partial charge on any atom is -0.481 e. The zero-order valence-electron chi connectivity index (χ0n) is 13.6. The molecule has 0 unspecified atom stereocenters. The standard InChI is InChI=1S/C20H19NO3/c1-21(2)19(22)17-15-11-7-3-5-9-13(11)16(18(17)20(23)24)14-10-6-4-8-12(14)15/h3-10,15-18H,1-2H3,(H,23,24)/t15?,16?,17-,18+/m1/s1. The summed E-state index contributed by atoms with van der Waals surface area (Å²) in [6.07, 6.45) is 0. The molecule has 24 heavy (non-hydrogen) atoms. The summed E-state index contributed by atoms with van der Waals surface area (Å²) in [5.41, 5.74) is 4.30. The molecular formula is C20H19NO3. The number of hydrogen-bond donors (Lipinski definition) is 1. The molecule has 4 nitrogen and oxygen atoms in total. The van der Waals surface area contributed by atoms with E-state index in [1.54, 1.807) is 14.1 Å². The Morgan fingerprint density at radius 1 is 0.792 bits per heavy atom. The van der Waals surface area contributed by atoms with Crippen LogP contribution in [0.5, 0.6) is 0 Å². The number of amides is 1. The Bertz CT molecular complexity index is 795. The number of aliphatic carboxylic acids is 1. The number of nitrogens with zero attached hydrogens (tertiary/aromatic N) is 1. The Labute approximate surface area is 140 Å². The minimum atomic E-state index is -0.894. The van der Waals surface area contributed by atoms with Gasteiger partial charge in [-0.3, -0.25) is 9.59 Å². The van der Waals surface area contributed by atoms with Crippen LogP contribution >= 0.6 is 0 Å². The fraction of sp³-hybridized carbons (Fsp3) is 0.300. The number of benzene rings is 2. The van der Waals surface area contributed by atoms with Crippen molar-refractivity contribution < 1.29 is 14.7 Å². The molecule has 4 heteroatoms. The fourth-order valence-corrected chi connectivity index (χ4v) is 4.57. The van der Waals surface area contributed by atoms with Gasteiger partial charge in [0.05, 0.1) is 11.8 Å². The van der Waals surface area contributed by atoms with Crippen molar-refractivity contribution in [3.8, 4) is 0 Å². The average molecular weight is 321 g/mol. The Balaban J connectivity index is 2.02. The first-order valence-electron chi connectivity index (χ1n) is 8.14. The van der Waals surface area contributed by atoms with E-state index in [9.17, 15) is 14.7 Å². The maximum atomic E-state index is 12.9. The third-order valence-electron chi connectivity index (χ3n) is 5.45. The highest BCUT2D eigenvalue weighted by molar-refractivity contribution is 5.89. The Hall–Kier alpha value is -2.62. The summed E-state index contributed by atoms with van der Waals surface area (Å²) in [5.74, 6) is -2.76. The summed E-state index contributed by atoms with van der Waals surface area (Å²) < 4.78 is 0. The molecule has 2 bridgehead atoms. The van der Waals surface area contributed by atoms with Crippen LogP contribution in [0.3, 0.4) is 0 Å². The molecule has 0 aliphatic heterocycles. The second kappa shape index (κ2) is 5.20. The molecule has 1 N–H and O–H groups in total. The van der Waals surface area contributed by atoms with Gasteiger partial charge in [0.25, 0.3) is 0 Å². The summed E-state index contributed by atoms with van der Waals surface area (Å²) >= 11 is 0. The van der Waals surface area contributed by atoms with Gasteiger partial charge in [-0.05, 0) is 22.3 Å². The molecule has 5 rings (SSSR count). The minimum absolute atomic E-state index is 0.110. The van der Waals surface area contributed by atoms with Crippen molar-refractivity contribution in [1.82, 2.24) is 4.90 Å². The highest BCUT2D eigenvalue weighted by Gasteiger charge is 2.55. The first-order valence-corrected chi connectivity index (χ1v) is 8.14. The molecule has 0 saturated heterocycles. The van der Waals surface area contributed by atoms with Crippen molar-refractivity contribution in [2.24, 2.45) is 11.8 Å². The van der Waals surface area contributed by atoms with Gasteiger partial charge in [0, 0.05) is 25.9 Å². The first kappa shape index (κ1) is 14.9. The molecular weight excluding hydrogens is 302 g/mol. The highest BCUT2D eigenvalue weighted by atomic mass is 16.4. The maximum Gasteiger partial charge on any atom is 0.308 e. The summed E-state index contributed by atoms with van der Waals surface area (Å²) in [4.78, 5) is 26.5. The van der Waals surface area contributed by atoms with E-state index < -0.39 is 17.8 Å². The quantitative estimate of drug-likeness (QED) is 0.925. The van der Waals surface area contributed by atoms with Gasteiger partial charge in [0.15, 0.2) is 0 Å². The Morgan fingerprint density at radius 3 is 1.50 bits per heavy atom. The van der Waals surface area contributed by atoms with Gasteiger partial charge in [-0.15, -0.1) is 0 Å². The summed E-state index contributed by atoms with van der Waals surface area (Å²) in [6, 6.07) is 15.9. The number of carbonyl (C=O) groups excluding carboxylic acids is 1. The zero-order chi connectivity index (χ0) is 17.0. The van der Waals surface area contributed by atoms with Crippen molar-refractivity contribution in [1.29, 1.82) is 0 Å². The maximum absolute atomic E-state index is 12.9. The fourth-order valence-electron chi connectivity index (χ4n) is 4.57. The largest absolute Gasteiger partial charge is 0.481 e. The molecule has 2 aromatic carbocycles. The molecule has 0 saturated carbocycles. The average Bonchev–Trinajstić information content (AvgIpc) is 2.60. The van der Waals surface area contributed by atoms with E-state index in [0.29, 0.717) is 0 Å². The summed E-state index contributed by atoms with van der Waals surface area (Å²) in [7, 11) is 3.39. The van der Waals surface area contributed by atoms with Crippen molar-refractivity contribution in [2.45, 2.75) is 11.8 Å². The molecule has 3 aliphatic rings. The number of hydrogen-bond acceptors (Lipinski definition) is 2. The van der Waals surface area contributed by atoms with E-state index in [-0.39, 0.29) is 17.7 Å². The molecule has 0 heterocycles. The Morgan fingerprint density at radius 2 is 1.17 bits per heavy atom. The van der Waals surface area contributed by atoms with Crippen molar-refractivity contribution in [3.63, 3.8) is 0 Å². The lowest BCUT2D eigenvalue weighted by molar-refractivity contribution is -0.151. The second-order valence-electron chi connectivity index (χ2n) is 6.84. The lowest BCUT2D eigenvalue weighted by atomic mass is 9.54. The van der Waals surface area contributed by atoms with Gasteiger partial charge in [-0.25, -0.2) is 0 Å². The van der Waals surface area contributed by atoms with Gasteiger partial charge in [-0.1, -0.05) is 48.5 Å². The van der Waals surface area contributed by atoms with Crippen LogP contribution in [0.15, 0.2) is 48.5 Å². The van der Waals surface area contributed by atoms with Crippen LogP contribution in [0.4, 0.5) is 0 Å². The third kappa shape index (κ3) is 1.86. The number of rotatable bonds is 2. The number of carboxylic acid groups (broad SMARTS) is 1. The normalized spacial score (nSPS) is 26.4. The van der Waals surface area contributed by atoms with Gasteiger partial charge >= 0.3 is 5.97 Å². The molecule has 2 atom stereocenters. The Kier molecular flexibility index (Phi) is 3.23. The highest BCUT2D eigenvalue weighted by Crippen LogP contribution is 2.58. The third-order valence-corrected chi connectivity index (χ3v) is 5.45. The smallest absolute Gasteiger partial charge is 0.308 e. The van der Waals surface area contributed by atoms with Gasteiger partial charge in [0.1, 0.15) is 0 Å². The predicted molar refractivity (Wildman–Crippen MR) is 89.9 cm³/mol. The topological polar surface area (TPSA) is 57.6 Å². The molecule has 0 spiro atoms. The van der Waals surface area contributed by atoms with Crippen molar-refractivity contribution in [2.75, 3.05) is 14.1 Å². The van der Waals surface area contributed by atoms with E-state index in [4.69, 9.17) is 0 Å². The molecule has 2 aromatic rings. The van der Waals surface area contributed by atoms with Crippen LogP contribution < -0.4 is 0 Å². The van der Waals surface area contributed by atoms with Gasteiger partial charge < -0.3 is 10.0 Å². The molecule has 3 aliphatic carbocycles. The second-order valence-corrected chi connectivity index (χ2v) is 6.84. The van der Waals surface area contributed by atoms with Gasteiger partial charge in [0.2, 0.25) is 5.91 Å². The van der Waals surface area contributed by atoms with E-state index in [2.05, 4.69) is 0 Å². The molecule has 1 amide bonds. The number of carboxylic acids is 1. The first-order chi connectivity index (χ1) is 11.5. The predicted octanol–water partition coefficient (Wildman–Crippen LogP) is 2.68. The molecule has 0 aromatic heterocycles. The van der Waals surface area contributed by atoms with Crippen LogP contribution in [0, 0.1) is 11.8 Å². The van der Waals surface area contributed by atoms with E-state index in [1.165, 1.54) is 4.90 Å². The molecule has 122 valence electrons. The van der Waals surface area contributed by atoms with Crippen LogP contribution in [0.25, 0.3) is 0 Å². The van der Waals surface area contributed by atoms with Crippen LogP contribution in [0.2, 0.25) is 0 Å². The lowest BCUT2D eigenvalue weighted by Crippen LogP contribution is -2.49. The number of carbonyl (C=O) groups is 2.